The molecule has 0 spiro atoms. The van der Waals surface area contributed by atoms with Crippen molar-refractivity contribution >= 4 is 15.9 Å². The van der Waals surface area contributed by atoms with Gasteiger partial charge in [0.15, 0.2) is 0 Å². The maximum Gasteiger partial charge on any atom is 0.244 e. The van der Waals surface area contributed by atoms with E-state index in [4.69, 9.17) is 9.26 Å². The van der Waals surface area contributed by atoms with Gasteiger partial charge in [-0.25, -0.2) is 0 Å². The van der Waals surface area contributed by atoms with Crippen molar-refractivity contribution in [3.8, 4) is 17.1 Å². The molecule has 1 aliphatic heterocycles. The Kier molecular flexibility index (Phi) is 4.03. The molecule has 6 heteroatoms. The van der Waals surface area contributed by atoms with Gasteiger partial charge in [0.05, 0.1) is 17.6 Å². The maximum atomic E-state index is 5.38. The Morgan fingerprint density at radius 2 is 2.30 bits per heavy atom. The number of rotatable bonds is 3. The molecule has 1 aromatic heterocycles. The van der Waals surface area contributed by atoms with Crippen molar-refractivity contribution in [3.05, 3.63) is 28.6 Å². The summed E-state index contributed by atoms with van der Waals surface area (Å²) in [5, 5.41) is 7.47. The zero-order valence-corrected chi connectivity index (χ0v) is 12.8. The summed E-state index contributed by atoms with van der Waals surface area (Å²) >= 11 is 3.46. The van der Waals surface area contributed by atoms with Gasteiger partial charge >= 0.3 is 0 Å². The van der Waals surface area contributed by atoms with Crippen LogP contribution in [0.1, 0.15) is 31.2 Å². The lowest BCUT2D eigenvalue weighted by molar-refractivity contribution is 0.297. The highest BCUT2D eigenvalue weighted by Crippen LogP contribution is 2.30. The number of nitrogens with one attached hydrogen (secondary N) is 1. The van der Waals surface area contributed by atoms with Crippen LogP contribution in [0.15, 0.2) is 27.2 Å². The minimum atomic E-state index is 0.187. The molecule has 0 unspecified atom stereocenters. The number of hydrogen-bond acceptors (Lipinski definition) is 5. The average molecular weight is 338 g/mol. The minimum absolute atomic E-state index is 0.187. The van der Waals surface area contributed by atoms with Crippen molar-refractivity contribution in [1.29, 1.82) is 0 Å². The zero-order chi connectivity index (χ0) is 13.9. The van der Waals surface area contributed by atoms with Gasteiger partial charge in [-0.2, -0.15) is 4.98 Å². The largest absolute Gasteiger partial charge is 0.496 e. The van der Waals surface area contributed by atoms with Gasteiger partial charge in [-0.05, 0) is 53.5 Å². The predicted octanol–water partition coefficient (Wildman–Crippen LogP) is 3.32. The topological polar surface area (TPSA) is 60.2 Å². The van der Waals surface area contributed by atoms with Crippen LogP contribution in [-0.4, -0.2) is 23.8 Å². The van der Waals surface area contributed by atoms with Gasteiger partial charge in [-0.1, -0.05) is 11.6 Å². The second-order valence-corrected chi connectivity index (χ2v) is 5.66. The lowest BCUT2D eigenvalue weighted by atomic mass is 10.1. The Bertz CT molecular complexity index is 594. The lowest BCUT2D eigenvalue weighted by Gasteiger charge is -2.19. The highest BCUT2D eigenvalue weighted by Gasteiger charge is 2.21. The number of ether oxygens (including phenoxy) is 1. The summed E-state index contributed by atoms with van der Waals surface area (Å²) in [6.45, 7) is 1.01. The molecule has 2 heterocycles. The van der Waals surface area contributed by atoms with Crippen LogP contribution < -0.4 is 10.1 Å². The number of halogens is 1. The Balaban J connectivity index is 1.84. The fourth-order valence-corrected chi connectivity index (χ4v) is 2.90. The van der Waals surface area contributed by atoms with Crippen molar-refractivity contribution < 1.29 is 9.26 Å². The summed E-state index contributed by atoms with van der Waals surface area (Å²) < 4.78 is 11.5. The zero-order valence-electron chi connectivity index (χ0n) is 11.2. The van der Waals surface area contributed by atoms with E-state index in [2.05, 4.69) is 31.4 Å². The number of benzene rings is 1. The van der Waals surface area contributed by atoms with Gasteiger partial charge in [0.25, 0.3) is 0 Å². The maximum absolute atomic E-state index is 5.38. The van der Waals surface area contributed by atoms with Gasteiger partial charge in [0, 0.05) is 5.56 Å². The van der Waals surface area contributed by atoms with E-state index in [1.165, 1.54) is 12.8 Å². The van der Waals surface area contributed by atoms with Crippen LogP contribution in [0.25, 0.3) is 11.4 Å². The van der Waals surface area contributed by atoms with Gasteiger partial charge in [0.1, 0.15) is 5.75 Å². The second kappa shape index (κ2) is 5.93. The van der Waals surface area contributed by atoms with Crippen molar-refractivity contribution in [2.45, 2.75) is 25.3 Å². The summed E-state index contributed by atoms with van der Waals surface area (Å²) in [5.41, 5.74) is 0.906. The first-order chi connectivity index (χ1) is 9.78. The SMILES string of the molecule is COc1ccc(-c2noc([C@H]3CCCCN3)n2)cc1Br. The van der Waals surface area contributed by atoms with E-state index < -0.39 is 0 Å². The normalized spacial score (nSPS) is 19.0. The van der Waals surface area contributed by atoms with E-state index >= 15 is 0 Å². The number of nitrogens with zero attached hydrogens (tertiary/aromatic N) is 2. The van der Waals surface area contributed by atoms with E-state index in [0.717, 1.165) is 28.8 Å². The summed E-state index contributed by atoms with van der Waals surface area (Å²) in [4.78, 5) is 4.50. The standard InChI is InChI=1S/C14H16BrN3O2/c1-19-12-6-5-9(8-10(12)15)13-17-14(20-18-13)11-4-2-3-7-16-11/h5-6,8,11,16H,2-4,7H2,1H3/t11-/m1/s1. The highest BCUT2D eigenvalue weighted by atomic mass is 79.9. The third kappa shape index (κ3) is 2.71. The third-order valence-corrected chi connectivity index (χ3v) is 4.08. The Labute approximate surface area is 125 Å². The fraction of sp³-hybridized carbons (Fsp3) is 0.429. The number of aromatic nitrogens is 2. The number of hydrogen-bond donors (Lipinski definition) is 1. The molecule has 5 nitrogen and oxygen atoms in total. The van der Waals surface area contributed by atoms with Crippen LogP contribution >= 0.6 is 15.9 Å². The molecule has 0 saturated carbocycles. The summed E-state index contributed by atoms with van der Waals surface area (Å²) in [7, 11) is 1.64. The van der Waals surface area contributed by atoms with E-state index in [0.29, 0.717) is 11.7 Å². The molecule has 1 aromatic carbocycles. The van der Waals surface area contributed by atoms with Gasteiger partial charge in [-0.15, -0.1) is 0 Å². The molecule has 106 valence electrons. The Hall–Kier alpha value is -1.40. The molecule has 1 aliphatic rings. The van der Waals surface area contributed by atoms with E-state index in [-0.39, 0.29) is 6.04 Å². The van der Waals surface area contributed by atoms with E-state index in [1.54, 1.807) is 7.11 Å². The van der Waals surface area contributed by atoms with Crippen molar-refractivity contribution in [2.24, 2.45) is 0 Å². The molecule has 2 aromatic rings. The molecule has 1 fully saturated rings. The average Bonchev–Trinajstić information content (AvgIpc) is 2.98. The second-order valence-electron chi connectivity index (χ2n) is 4.81. The molecule has 1 saturated heterocycles. The van der Waals surface area contributed by atoms with Gasteiger partial charge in [-0.3, -0.25) is 0 Å². The van der Waals surface area contributed by atoms with E-state index in [1.807, 2.05) is 18.2 Å². The third-order valence-electron chi connectivity index (χ3n) is 3.46. The number of methoxy groups -OCH3 is 1. The molecule has 20 heavy (non-hydrogen) atoms. The van der Waals surface area contributed by atoms with Gasteiger partial charge < -0.3 is 14.6 Å². The Morgan fingerprint density at radius 3 is 3.00 bits per heavy atom. The lowest BCUT2D eigenvalue weighted by Crippen LogP contribution is -2.26. The van der Waals surface area contributed by atoms with Crippen molar-refractivity contribution in [1.82, 2.24) is 15.5 Å². The van der Waals surface area contributed by atoms with Crippen LogP contribution in [0, 0.1) is 0 Å². The van der Waals surface area contributed by atoms with Crippen LogP contribution in [-0.2, 0) is 0 Å². The quantitative estimate of drug-likeness (QED) is 0.930. The first kappa shape index (κ1) is 13.6. The minimum Gasteiger partial charge on any atom is -0.496 e. The monoisotopic (exact) mass is 337 g/mol. The first-order valence-electron chi connectivity index (χ1n) is 6.69. The molecule has 1 atom stereocenters. The number of piperidine rings is 1. The molecule has 3 rings (SSSR count). The fourth-order valence-electron chi connectivity index (χ4n) is 2.36. The predicted molar refractivity (Wildman–Crippen MR) is 78.6 cm³/mol. The smallest absolute Gasteiger partial charge is 0.244 e. The van der Waals surface area contributed by atoms with Crippen LogP contribution in [0.4, 0.5) is 0 Å². The van der Waals surface area contributed by atoms with Crippen LogP contribution in [0.5, 0.6) is 5.75 Å². The molecule has 0 bridgehead atoms. The highest BCUT2D eigenvalue weighted by molar-refractivity contribution is 9.10. The molecular weight excluding hydrogens is 322 g/mol. The molecule has 0 aliphatic carbocycles. The molecule has 0 amide bonds. The molecule has 0 radical (unpaired) electrons. The van der Waals surface area contributed by atoms with Gasteiger partial charge in [0.2, 0.25) is 11.7 Å². The Morgan fingerprint density at radius 1 is 1.40 bits per heavy atom. The van der Waals surface area contributed by atoms with Crippen LogP contribution in [0.3, 0.4) is 0 Å². The summed E-state index contributed by atoms with van der Waals surface area (Å²) in [6.07, 6.45) is 3.46. The first-order valence-corrected chi connectivity index (χ1v) is 7.48. The van der Waals surface area contributed by atoms with E-state index in [9.17, 15) is 0 Å². The summed E-state index contributed by atoms with van der Waals surface area (Å²) in [6, 6.07) is 5.93. The van der Waals surface area contributed by atoms with Crippen molar-refractivity contribution in [2.75, 3.05) is 13.7 Å². The molecular formula is C14H16BrN3O2. The van der Waals surface area contributed by atoms with Crippen molar-refractivity contribution in [3.63, 3.8) is 0 Å². The van der Waals surface area contributed by atoms with Crippen LogP contribution in [0.2, 0.25) is 0 Å². The molecule has 1 N–H and O–H groups in total. The summed E-state index contributed by atoms with van der Waals surface area (Å²) in [5.74, 6) is 2.06.